The highest BCUT2D eigenvalue weighted by atomic mass is 16.4. The van der Waals surface area contributed by atoms with Crippen molar-refractivity contribution in [3.63, 3.8) is 0 Å². The number of aromatic hydroxyl groups is 1. The van der Waals surface area contributed by atoms with E-state index in [9.17, 15) is 19.8 Å². The Hall–Kier alpha value is -2.82. The highest BCUT2D eigenvalue weighted by Gasteiger charge is 2.17. The molecule has 0 atom stereocenters. The Morgan fingerprint density at radius 1 is 1.00 bits per heavy atom. The molecule has 0 saturated heterocycles. The average Bonchev–Trinajstić information content (AvgIpc) is 2.43. The predicted molar refractivity (Wildman–Crippen MR) is 78.9 cm³/mol. The van der Waals surface area contributed by atoms with E-state index >= 15 is 0 Å². The summed E-state index contributed by atoms with van der Waals surface area (Å²) in [5.41, 5.74) is 1.69. The molecule has 0 aromatic heterocycles. The van der Waals surface area contributed by atoms with Gasteiger partial charge in [-0.05, 0) is 37.6 Å². The zero-order valence-corrected chi connectivity index (χ0v) is 11.7. The van der Waals surface area contributed by atoms with Crippen molar-refractivity contribution in [2.24, 2.45) is 0 Å². The molecule has 0 fully saturated rings. The molecule has 0 heterocycles. The second kappa shape index (κ2) is 5.66. The summed E-state index contributed by atoms with van der Waals surface area (Å²) in [6, 6.07) is 9.39. The molecular weight excluding hydrogens is 270 g/mol. The summed E-state index contributed by atoms with van der Waals surface area (Å²) in [5, 5.41) is 21.4. The number of nitrogens with one attached hydrogen (secondary N) is 1. The molecule has 2 aromatic carbocycles. The van der Waals surface area contributed by atoms with Gasteiger partial charge in [-0.2, -0.15) is 0 Å². The molecule has 3 N–H and O–H groups in total. The number of amides is 1. The molecule has 0 unspecified atom stereocenters. The lowest BCUT2D eigenvalue weighted by molar-refractivity contribution is 0.0698. The van der Waals surface area contributed by atoms with Gasteiger partial charge in [0.05, 0.1) is 11.3 Å². The van der Waals surface area contributed by atoms with Crippen molar-refractivity contribution in [3.05, 3.63) is 58.7 Å². The van der Waals surface area contributed by atoms with Crippen LogP contribution in [0.25, 0.3) is 0 Å². The van der Waals surface area contributed by atoms with Gasteiger partial charge in [0.25, 0.3) is 5.91 Å². The van der Waals surface area contributed by atoms with Gasteiger partial charge < -0.3 is 15.5 Å². The lowest BCUT2D eigenvalue weighted by Gasteiger charge is -2.13. The fourth-order valence-electron chi connectivity index (χ4n) is 2.06. The van der Waals surface area contributed by atoms with E-state index < -0.39 is 11.9 Å². The van der Waals surface area contributed by atoms with Gasteiger partial charge >= 0.3 is 5.97 Å². The van der Waals surface area contributed by atoms with Crippen molar-refractivity contribution in [2.45, 2.75) is 13.8 Å². The minimum atomic E-state index is -1.11. The smallest absolute Gasteiger partial charge is 0.337 e. The van der Waals surface area contributed by atoms with Crippen molar-refractivity contribution in [2.75, 3.05) is 5.32 Å². The lowest BCUT2D eigenvalue weighted by Crippen LogP contribution is -2.17. The molecule has 0 radical (unpaired) electrons. The number of carbonyl (C=O) groups excluding carboxylic acids is 1. The zero-order chi connectivity index (χ0) is 15.6. The van der Waals surface area contributed by atoms with Gasteiger partial charge in [-0.3, -0.25) is 4.79 Å². The first-order valence-electron chi connectivity index (χ1n) is 6.34. The second-order valence-corrected chi connectivity index (χ2v) is 4.71. The van der Waals surface area contributed by atoms with Gasteiger partial charge in [0.1, 0.15) is 5.75 Å². The predicted octanol–water partition coefficient (Wildman–Crippen LogP) is 2.96. The maximum absolute atomic E-state index is 12.3. The SMILES string of the molecule is Cc1cccc(C(=O)O)c1NC(=O)c1cccc(O)c1C. The normalized spacial score (nSPS) is 10.2. The molecule has 5 nitrogen and oxygen atoms in total. The Morgan fingerprint density at radius 2 is 1.62 bits per heavy atom. The van der Waals surface area contributed by atoms with Crippen molar-refractivity contribution >= 4 is 17.6 Å². The van der Waals surface area contributed by atoms with E-state index in [4.69, 9.17) is 0 Å². The maximum atomic E-state index is 12.3. The van der Waals surface area contributed by atoms with Crippen LogP contribution in [0.5, 0.6) is 5.75 Å². The van der Waals surface area contributed by atoms with E-state index in [2.05, 4.69) is 5.32 Å². The summed E-state index contributed by atoms with van der Waals surface area (Å²) in [5.74, 6) is -1.55. The molecule has 0 aliphatic heterocycles. The molecule has 0 aliphatic carbocycles. The van der Waals surface area contributed by atoms with Gasteiger partial charge in [-0.25, -0.2) is 4.79 Å². The molecule has 1 amide bonds. The zero-order valence-electron chi connectivity index (χ0n) is 11.7. The number of anilines is 1. The van der Waals surface area contributed by atoms with Crippen LogP contribution in [0, 0.1) is 13.8 Å². The van der Waals surface area contributed by atoms with Crippen molar-refractivity contribution < 1.29 is 19.8 Å². The molecule has 21 heavy (non-hydrogen) atoms. The summed E-state index contributed by atoms with van der Waals surface area (Å²) in [7, 11) is 0. The number of hydrogen-bond donors (Lipinski definition) is 3. The van der Waals surface area contributed by atoms with Gasteiger partial charge in [0.15, 0.2) is 0 Å². The number of phenols is 1. The Kier molecular flexibility index (Phi) is 3.93. The monoisotopic (exact) mass is 285 g/mol. The fourth-order valence-corrected chi connectivity index (χ4v) is 2.06. The largest absolute Gasteiger partial charge is 0.508 e. The third kappa shape index (κ3) is 2.86. The number of aryl methyl sites for hydroxylation is 1. The Labute approximate surface area is 121 Å². The summed E-state index contributed by atoms with van der Waals surface area (Å²) >= 11 is 0. The van der Waals surface area contributed by atoms with Crippen molar-refractivity contribution in [3.8, 4) is 5.75 Å². The Balaban J connectivity index is 2.41. The van der Waals surface area contributed by atoms with Crippen molar-refractivity contribution in [1.82, 2.24) is 0 Å². The molecule has 0 spiro atoms. The Bertz CT molecular complexity index is 722. The standard InChI is InChI=1S/C16H15NO4/c1-9-5-3-7-12(16(20)21)14(9)17-15(19)11-6-4-8-13(18)10(11)2/h3-8,18H,1-2H3,(H,17,19)(H,20,21). The average molecular weight is 285 g/mol. The number of carboxylic acid groups (broad SMARTS) is 1. The topological polar surface area (TPSA) is 86.6 Å². The van der Waals surface area contributed by atoms with Gasteiger partial charge in [-0.15, -0.1) is 0 Å². The van der Waals surface area contributed by atoms with Gasteiger partial charge in [0, 0.05) is 11.1 Å². The highest BCUT2D eigenvalue weighted by Crippen LogP contribution is 2.24. The third-order valence-corrected chi connectivity index (χ3v) is 3.29. The van der Waals surface area contributed by atoms with E-state index in [1.54, 1.807) is 38.1 Å². The molecule has 2 rings (SSSR count). The maximum Gasteiger partial charge on any atom is 0.337 e. The third-order valence-electron chi connectivity index (χ3n) is 3.29. The minimum Gasteiger partial charge on any atom is -0.508 e. The van der Waals surface area contributed by atoms with Crippen LogP contribution in [0.3, 0.4) is 0 Å². The summed E-state index contributed by atoms with van der Waals surface area (Å²) in [6.07, 6.45) is 0. The number of carbonyl (C=O) groups is 2. The molecule has 0 saturated carbocycles. The number of phenolic OH excluding ortho intramolecular Hbond substituents is 1. The van der Waals surface area contributed by atoms with E-state index in [-0.39, 0.29) is 17.0 Å². The van der Waals surface area contributed by atoms with E-state index in [1.807, 2.05) is 0 Å². The van der Waals surface area contributed by atoms with E-state index in [0.29, 0.717) is 16.7 Å². The summed E-state index contributed by atoms with van der Waals surface area (Å²) in [4.78, 5) is 23.5. The van der Waals surface area contributed by atoms with Crippen LogP contribution in [0.2, 0.25) is 0 Å². The second-order valence-electron chi connectivity index (χ2n) is 4.71. The number of hydrogen-bond acceptors (Lipinski definition) is 3. The number of para-hydroxylation sites is 1. The van der Waals surface area contributed by atoms with Crippen molar-refractivity contribution in [1.29, 1.82) is 0 Å². The molecular formula is C16H15NO4. The quantitative estimate of drug-likeness (QED) is 0.809. The number of aromatic carboxylic acids is 1. The van der Waals surface area contributed by atoms with Gasteiger partial charge in [0.2, 0.25) is 0 Å². The first-order valence-corrected chi connectivity index (χ1v) is 6.34. The first kappa shape index (κ1) is 14.6. The van der Waals surface area contributed by atoms with E-state index in [1.165, 1.54) is 12.1 Å². The Morgan fingerprint density at radius 3 is 2.29 bits per heavy atom. The van der Waals surface area contributed by atoms with Crippen LogP contribution >= 0.6 is 0 Å². The summed E-state index contributed by atoms with van der Waals surface area (Å²) in [6.45, 7) is 3.34. The van der Waals surface area contributed by atoms with Crippen LogP contribution in [0.1, 0.15) is 31.8 Å². The number of benzene rings is 2. The van der Waals surface area contributed by atoms with Crippen LogP contribution in [-0.4, -0.2) is 22.1 Å². The van der Waals surface area contributed by atoms with Crippen LogP contribution in [0.4, 0.5) is 5.69 Å². The van der Waals surface area contributed by atoms with E-state index in [0.717, 1.165) is 0 Å². The number of rotatable bonds is 3. The van der Waals surface area contributed by atoms with Crippen LogP contribution in [-0.2, 0) is 0 Å². The fraction of sp³-hybridized carbons (Fsp3) is 0.125. The highest BCUT2D eigenvalue weighted by molar-refractivity contribution is 6.09. The molecule has 5 heteroatoms. The molecule has 108 valence electrons. The molecule has 0 aliphatic rings. The van der Waals surface area contributed by atoms with Crippen LogP contribution < -0.4 is 5.32 Å². The van der Waals surface area contributed by atoms with Crippen LogP contribution in [0.15, 0.2) is 36.4 Å². The number of carboxylic acids is 1. The molecule has 2 aromatic rings. The lowest BCUT2D eigenvalue weighted by atomic mass is 10.0. The molecule has 0 bridgehead atoms. The van der Waals surface area contributed by atoms with Gasteiger partial charge in [-0.1, -0.05) is 18.2 Å². The first-order chi connectivity index (χ1) is 9.91. The summed E-state index contributed by atoms with van der Waals surface area (Å²) < 4.78 is 0. The minimum absolute atomic E-state index is 0.0193.